The van der Waals surface area contributed by atoms with Crippen molar-refractivity contribution in [2.24, 2.45) is 0 Å². The van der Waals surface area contributed by atoms with Gasteiger partial charge in [0.25, 0.3) is 0 Å². The van der Waals surface area contributed by atoms with Crippen molar-refractivity contribution in [3.8, 4) is 0 Å². The highest BCUT2D eigenvalue weighted by Gasteiger charge is 2.02. The van der Waals surface area contributed by atoms with E-state index in [0.717, 1.165) is 0 Å². The van der Waals surface area contributed by atoms with Gasteiger partial charge in [0.15, 0.2) is 0 Å². The zero-order valence-electron chi connectivity index (χ0n) is 9.39. The lowest BCUT2D eigenvalue weighted by Gasteiger charge is -2.10. The average Bonchev–Trinajstić information content (AvgIpc) is 2.20. The minimum Gasteiger partial charge on any atom is -0.388 e. The number of benzene rings is 1. The second-order valence-corrected chi connectivity index (χ2v) is 2.99. The number of hydrogen-bond donors (Lipinski definition) is 1. The van der Waals surface area contributed by atoms with Gasteiger partial charge < -0.3 is 5.32 Å². The van der Waals surface area contributed by atoms with Gasteiger partial charge in [-0.1, -0.05) is 45.9 Å². The first-order chi connectivity index (χ1) is 6.25. The average molecular weight is 179 g/mol. The van der Waals surface area contributed by atoms with E-state index in [-0.39, 0.29) is 0 Å². The highest BCUT2D eigenvalue weighted by molar-refractivity contribution is 5.51. The summed E-state index contributed by atoms with van der Waals surface area (Å²) < 4.78 is 0. The van der Waals surface area contributed by atoms with Crippen molar-refractivity contribution >= 4 is 5.69 Å². The number of hydrogen-bond acceptors (Lipinski definition) is 1. The van der Waals surface area contributed by atoms with Crippen molar-refractivity contribution in [1.29, 1.82) is 0 Å². The lowest BCUT2D eigenvalue weighted by atomic mass is 10.0. The van der Waals surface area contributed by atoms with Gasteiger partial charge in [0.05, 0.1) is 0 Å². The summed E-state index contributed by atoms with van der Waals surface area (Å²) in [6, 6.07) is 8.40. The zero-order chi connectivity index (χ0) is 10.3. The maximum atomic E-state index is 3.18. The first-order valence-electron chi connectivity index (χ1n) is 5.02. The molecular weight excluding hydrogens is 158 g/mol. The molecule has 13 heavy (non-hydrogen) atoms. The largest absolute Gasteiger partial charge is 0.388 e. The third kappa shape index (κ3) is 3.49. The second kappa shape index (κ2) is 6.53. The number of nitrogens with one attached hydrogen (secondary N) is 1. The summed E-state index contributed by atoms with van der Waals surface area (Å²) in [5.41, 5.74) is 2.62. The van der Waals surface area contributed by atoms with E-state index in [9.17, 15) is 0 Å². The van der Waals surface area contributed by atoms with Crippen LogP contribution in [0.25, 0.3) is 0 Å². The Morgan fingerprint density at radius 3 is 2.00 bits per heavy atom. The van der Waals surface area contributed by atoms with Crippen LogP contribution in [-0.2, 0) is 0 Å². The molecule has 74 valence electrons. The van der Waals surface area contributed by atoms with E-state index in [1.807, 2.05) is 20.9 Å². The molecule has 0 spiro atoms. The maximum absolute atomic E-state index is 3.18. The highest BCUT2D eigenvalue weighted by Crippen LogP contribution is 2.22. The van der Waals surface area contributed by atoms with Gasteiger partial charge in [0.1, 0.15) is 0 Å². The Morgan fingerprint density at radius 2 is 1.62 bits per heavy atom. The summed E-state index contributed by atoms with van der Waals surface area (Å²) in [5.74, 6) is 0.596. The second-order valence-electron chi connectivity index (χ2n) is 2.99. The topological polar surface area (TPSA) is 12.0 Å². The number of para-hydroxylation sites is 1. The SMILES string of the molecule is CC.CNc1ccccc1C(C)C. The summed E-state index contributed by atoms with van der Waals surface area (Å²) in [6.45, 7) is 8.41. The smallest absolute Gasteiger partial charge is 0.0372 e. The monoisotopic (exact) mass is 179 g/mol. The first kappa shape index (κ1) is 12.0. The van der Waals surface area contributed by atoms with Gasteiger partial charge in [-0.2, -0.15) is 0 Å². The molecule has 0 radical (unpaired) electrons. The van der Waals surface area contributed by atoms with Crippen LogP contribution in [0.4, 0.5) is 5.69 Å². The van der Waals surface area contributed by atoms with Gasteiger partial charge >= 0.3 is 0 Å². The number of anilines is 1. The Hall–Kier alpha value is -0.980. The predicted molar refractivity (Wildman–Crippen MR) is 61.4 cm³/mol. The molecule has 0 saturated heterocycles. The molecule has 0 aliphatic carbocycles. The van der Waals surface area contributed by atoms with Crippen LogP contribution in [0.15, 0.2) is 24.3 Å². The van der Waals surface area contributed by atoms with Crippen molar-refractivity contribution in [3.63, 3.8) is 0 Å². The third-order valence-electron chi connectivity index (χ3n) is 1.85. The van der Waals surface area contributed by atoms with E-state index in [0.29, 0.717) is 5.92 Å². The van der Waals surface area contributed by atoms with Crippen LogP contribution in [0.2, 0.25) is 0 Å². The van der Waals surface area contributed by atoms with Crippen LogP contribution in [-0.4, -0.2) is 7.05 Å². The molecule has 1 rings (SSSR count). The van der Waals surface area contributed by atoms with Crippen molar-refractivity contribution in [1.82, 2.24) is 0 Å². The van der Waals surface area contributed by atoms with Gasteiger partial charge in [-0.05, 0) is 17.5 Å². The van der Waals surface area contributed by atoms with E-state index in [4.69, 9.17) is 0 Å². The van der Waals surface area contributed by atoms with Crippen molar-refractivity contribution in [3.05, 3.63) is 29.8 Å². The Kier molecular flexibility index (Phi) is 6.03. The van der Waals surface area contributed by atoms with Crippen LogP contribution in [0.5, 0.6) is 0 Å². The lowest BCUT2D eigenvalue weighted by Crippen LogP contribution is -1.96. The Labute approximate surface area is 82.2 Å². The van der Waals surface area contributed by atoms with E-state index < -0.39 is 0 Å². The van der Waals surface area contributed by atoms with Crippen molar-refractivity contribution < 1.29 is 0 Å². The summed E-state index contributed by atoms with van der Waals surface area (Å²) >= 11 is 0. The molecule has 0 atom stereocenters. The van der Waals surface area contributed by atoms with Gasteiger partial charge in [-0.15, -0.1) is 0 Å². The fraction of sp³-hybridized carbons (Fsp3) is 0.500. The molecule has 0 amide bonds. The molecule has 0 saturated carbocycles. The molecule has 1 nitrogen and oxygen atoms in total. The van der Waals surface area contributed by atoms with E-state index in [1.165, 1.54) is 11.3 Å². The third-order valence-corrected chi connectivity index (χ3v) is 1.85. The molecule has 0 aliphatic rings. The summed E-state index contributed by atoms with van der Waals surface area (Å²) in [6.07, 6.45) is 0. The standard InChI is InChI=1S/C10H15N.C2H6/c1-8(2)9-6-4-5-7-10(9)11-3;1-2/h4-8,11H,1-3H3;1-2H3. The Morgan fingerprint density at radius 1 is 1.08 bits per heavy atom. The first-order valence-corrected chi connectivity index (χ1v) is 5.02. The number of rotatable bonds is 2. The normalized spacial score (nSPS) is 9.08. The molecule has 0 aliphatic heterocycles. The molecular formula is C12H21N. The molecule has 0 heterocycles. The molecule has 1 heteroatoms. The van der Waals surface area contributed by atoms with Crippen molar-refractivity contribution in [2.45, 2.75) is 33.6 Å². The fourth-order valence-electron chi connectivity index (χ4n) is 1.23. The van der Waals surface area contributed by atoms with Crippen LogP contribution >= 0.6 is 0 Å². The van der Waals surface area contributed by atoms with Crippen LogP contribution in [0, 0.1) is 0 Å². The zero-order valence-corrected chi connectivity index (χ0v) is 9.39. The highest BCUT2D eigenvalue weighted by atomic mass is 14.8. The van der Waals surface area contributed by atoms with Gasteiger partial charge in [-0.25, -0.2) is 0 Å². The van der Waals surface area contributed by atoms with E-state index in [1.54, 1.807) is 0 Å². The minimum absolute atomic E-state index is 0.596. The van der Waals surface area contributed by atoms with Gasteiger partial charge in [-0.3, -0.25) is 0 Å². The minimum atomic E-state index is 0.596. The van der Waals surface area contributed by atoms with Gasteiger partial charge in [0.2, 0.25) is 0 Å². The summed E-state index contributed by atoms with van der Waals surface area (Å²) in [4.78, 5) is 0. The molecule has 0 bridgehead atoms. The predicted octanol–water partition coefficient (Wildman–Crippen LogP) is 3.88. The Balaban J connectivity index is 0.000000671. The van der Waals surface area contributed by atoms with Gasteiger partial charge in [0, 0.05) is 12.7 Å². The maximum Gasteiger partial charge on any atom is 0.0372 e. The quantitative estimate of drug-likeness (QED) is 0.726. The fourth-order valence-corrected chi connectivity index (χ4v) is 1.23. The van der Waals surface area contributed by atoms with Crippen LogP contribution in [0.1, 0.15) is 39.2 Å². The van der Waals surface area contributed by atoms with Crippen molar-refractivity contribution in [2.75, 3.05) is 12.4 Å². The molecule has 0 fully saturated rings. The molecule has 0 unspecified atom stereocenters. The lowest BCUT2D eigenvalue weighted by molar-refractivity contribution is 0.868. The van der Waals surface area contributed by atoms with Crippen LogP contribution in [0.3, 0.4) is 0 Å². The Bertz CT molecular complexity index is 228. The molecule has 1 N–H and O–H groups in total. The molecule has 0 aromatic heterocycles. The molecule has 1 aromatic carbocycles. The van der Waals surface area contributed by atoms with E-state index in [2.05, 4.69) is 43.4 Å². The molecule has 1 aromatic rings. The van der Waals surface area contributed by atoms with E-state index >= 15 is 0 Å². The van der Waals surface area contributed by atoms with Crippen LogP contribution < -0.4 is 5.32 Å². The summed E-state index contributed by atoms with van der Waals surface area (Å²) in [5, 5.41) is 3.18. The summed E-state index contributed by atoms with van der Waals surface area (Å²) in [7, 11) is 1.96.